The average molecular weight is 420 g/mol. The van der Waals surface area contributed by atoms with Crippen LogP contribution in [0.25, 0.3) is 10.2 Å². The van der Waals surface area contributed by atoms with Crippen molar-refractivity contribution in [3.05, 3.63) is 61.5 Å². The van der Waals surface area contributed by atoms with Gasteiger partial charge in [-0.3, -0.25) is 9.59 Å². The highest BCUT2D eigenvalue weighted by molar-refractivity contribution is 7.99. The van der Waals surface area contributed by atoms with Crippen molar-refractivity contribution in [1.82, 2.24) is 15.3 Å². The molecule has 1 aromatic carbocycles. The Kier molecular flexibility index (Phi) is 5.52. The van der Waals surface area contributed by atoms with E-state index in [2.05, 4.69) is 15.3 Å². The van der Waals surface area contributed by atoms with Gasteiger partial charge in [0.1, 0.15) is 10.7 Å². The quantitative estimate of drug-likeness (QED) is 0.639. The molecule has 1 aliphatic carbocycles. The molecule has 140 valence electrons. The van der Waals surface area contributed by atoms with Crippen molar-refractivity contribution in [2.24, 2.45) is 0 Å². The summed E-state index contributed by atoms with van der Waals surface area (Å²) in [6.45, 7) is 0.446. The third-order valence-corrected chi connectivity index (χ3v) is 6.84. The number of thioether (sulfide) groups is 1. The lowest BCUT2D eigenvalue weighted by molar-refractivity contribution is -0.118. The van der Waals surface area contributed by atoms with Crippen molar-refractivity contribution in [2.45, 2.75) is 31.6 Å². The number of aromatic nitrogens is 2. The van der Waals surface area contributed by atoms with Crippen molar-refractivity contribution >= 4 is 50.8 Å². The molecule has 2 N–H and O–H groups in total. The van der Waals surface area contributed by atoms with E-state index in [1.165, 1.54) is 22.2 Å². The Balaban J connectivity index is 1.32. The maximum atomic E-state index is 12.4. The number of carbonyl (C=O) groups excluding carboxylic acids is 1. The van der Waals surface area contributed by atoms with E-state index >= 15 is 0 Å². The molecular formula is C19H18ClN3O2S2. The molecule has 4 rings (SSSR count). The van der Waals surface area contributed by atoms with E-state index in [1.807, 2.05) is 18.2 Å². The normalized spacial score (nSPS) is 13.1. The first-order valence-corrected chi connectivity index (χ1v) is 11.1. The van der Waals surface area contributed by atoms with Gasteiger partial charge in [-0.2, -0.15) is 0 Å². The molecule has 1 aliphatic rings. The van der Waals surface area contributed by atoms with Gasteiger partial charge in [0.05, 0.1) is 16.9 Å². The van der Waals surface area contributed by atoms with Crippen LogP contribution in [0.4, 0.5) is 0 Å². The SMILES string of the molecule is O=C(CSCc1nc2sc3c(c2c(=O)[nH]1)CCC3)NCc1cccc(Cl)c1. The molecule has 8 heteroatoms. The van der Waals surface area contributed by atoms with Crippen LogP contribution in [-0.2, 0) is 29.9 Å². The highest BCUT2D eigenvalue weighted by Crippen LogP contribution is 2.34. The number of amides is 1. The van der Waals surface area contributed by atoms with Gasteiger partial charge >= 0.3 is 0 Å². The molecule has 2 heterocycles. The predicted octanol–water partition coefficient (Wildman–Crippen LogP) is 3.68. The molecule has 3 aromatic rings. The van der Waals surface area contributed by atoms with E-state index in [0.717, 1.165) is 35.0 Å². The number of rotatable bonds is 6. The molecule has 0 fully saturated rings. The highest BCUT2D eigenvalue weighted by atomic mass is 35.5. The van der Waals surface area contributed by atoms with Crippen LogP contribution in [0.1, 0.15) is 28.2 Å². The molecule has 0 saturated heterocycles. The van der Waals surface area contributed by atoms with Crippen LogP contribution in [0.3, 0.4) is 0 Å². The summed E-state index contributed by atoms with van der Waals surface area (Å²) in [7, 11) is 0. The van der Waals surface area contributed by atoms with Gasteiger partial charge < -0.3 is 10.3 Å². The highest BCUT2D eigenvalue weighted by Gasteiger charge is 2.21. The number of hydrogen-bond acceptors (Lipinski definition) is 5. The third kappa shape index (κ3) is 4.20. The Labute approximate surface area is 169 Å². The minimum absolute atomic E-state index is 0.0552. The fraction of sp³-hybridized carbons (Fsp3) is 0.316. The molecule has 0 aliphatic heterocycles. The number of thiophene rings is 1. The molecule has 0 saturated carbocycles. The minimum Gasteiger partial charge on any atom is -0.351 e. The van der Waals surface area contributed by atoms with E-state index in [9.17, 15) is 9.59 Å². The maximum absolute atomic E-state index is 12.4. The van der Waals surface area contributed by atoms with Crippen molar-refractivity contribution in [3.63, 3.8) is 0 Å². The zero-order chi connectivity index (χ0) is 18.8. The minimum atomic E-state index is -0.0569. The maximum Gasteiger partial charge on any atom is 0.259 e. The van der Waals surface area contributed by atoms with Gasteiger partial charge in [0, 0.05) is 16.4 Å². The van der Waals surface area contributed by atoms with Crippen LogP contribution in [0.2, 0.25) is 5.02 Å². The second kappa shape index (κ2) is 8.04. The summed E-state index contributed by atoms with van der Waals surface area (Å²) in [5, 5.41) is 4.29. The van der Waals surface area contributed by atoms with E-state index in [-0.39, 0.29) is 11.5 Å². The summed E-state index contributed by atoms with van der Waals surface area (Å²) in [6.07, 6.45) is 3.14. The lowest BCUT2D eigenvalue weighted by Gasteiger charge is -2.06. The summed E-state index contributed by atoms with van der Waals surface area (Å²) in [5.41, 5.74) is 2.09. The molecule has 1 amide bonds. The van der Waals surface area contributed by atoms with Gasteiger partial charge in [-0.25, -0.2) is 4.98 Å². The van der Waals surface area contributed by atoms with E-state index in [1.54, 1.807) is 17.4 Å². The number of nitrogens with zero attached hydrogens (tertiary/aromatic N) is 1. The number of nitrogens with one attached hydrogen (secondary N) is 2. The van der Waals surface area contributed by atoms with Crippen LogP contribution in [0.5, 0.6) is 0 Å². The molecule has 0 bridgehead atoms. The fourth-order valence-corrected chi connectivity index (χ4v) is 5.47. The van der Waals surface area contributed by atoms with Crippen LogP contribution >= 0.6 is 34.7 Å². The number of fused-ring (bicyclic) bond motifs is 3. The van der Waals surface area contributed by atoms with E-state index < -0.39 is 0 Å². The fourth-order valence-electron chi connectivity index (χ4n) is 3.25. The van der Waals surface area contributed by atoms with Gasteiger partial charge in [-0.05, 0) is 42.5 Å². The Morgan fingerprint density at radius 3 is 3.11 bits per heavy atom. The second-order valence-electron chi connectivity index (χ2n) is 6.45. The summed E-state index contributed by atoms with van der Waals surface area (Å²) in [6, 6.07) is 7.41. The monoisotopic (exact) mass is 419 g/mol. The van der Waals surface area contributed by atoms with Crippen LogP contribution in [0.15, 0.2) is 29.1 Å². The summed E-state index contributed by atoms with van der Waals surface area (Å²) < 4.78 is 0. The number of carbonyl (C=O) groups is 1. The van der Waals surface area contributed by atoms with Crippen LogP contribution in [-0.4, -0.2) is 21.6 Å². The van der Waals surface area contributed by atoms with Gasteiger partial charge in [0.25, 0.3) is 5.56 Å². The zero-order valence-electron chi connectivity index (χ0n) is 14.5. The lowest BCUT2D eigenvalue weighted by atomic mass is 10.2. The molecule has 0 unspecified atom stereocenters. The first kappa shape index (κ1) is 18.5. The first-order valence-electron chi connectivity index (χ1n) is 8.72. The predicted molar refractivity (Wildman–Crippen MR) is 112 cm³/mol. The summed E-state index contributed by atoms with van der Waals surface area (Å²) in [5.74, 6) is 1.38. The average Bonchev–Trinajstić information content (AvgIpc) is 3.20. The number of aryl methyl sites for hydroxylation is 2. The number of H-pyrrole nitrogens is 1. The van der Waals surface area contributed by atoms with E-state index in [4.69, 9.17) is 11.6 Å². The Bertz CT molecular complexity index is 1060. The first-order chi connectivity index (χ1) is 13.1. The van der Waals surface area contributed by atoms with Gasteiger partial charge in [0.15, 0.2) is 0 Å². The van der Waals surface area contributed by atoms with Gasteiger partial charge in [-0.15, -0.1) is 23.1 Å². The number of aromatic amines is 1. The Morgan fingerprint density at radius 1 is 1.37 bits per heavy atom. The molecule has 27 heavy (non-hydrogen) atoms. The number of hydrogen-bond donors (Lipinski definition) is 2. The molecule has 0 atom stereocenters. The van der Waals surface area contributed by atoms with Crippen LogP contribution in [0, 0.1) is 0 Å². The lowest BCUT2D eigenvalue weighted by Crippen LogP contribution is -2.24. The summed E-state index contributed by atoms with van der Waals surface area (Å²) in [4.78, 5) is 34.0. The Morgan fingerprint density at radius 2 is 2.26 bits per heavy atom. The largest absolute Gasteiger partial charge is 0.351 e. The van der Waals surface area contributed by atoms with Crippen molar-refractivity contribution in [1.29, 1.82) is 0 Å². The molecule has 5 nitrogen and oxygen atoms in total. The zero-order valence-corrected chi connectivity index (χ0v) is 16.9. The summed E-state index contributed by atoms with van der Waals surface area (Å²) >= 11 is 9.00. The number of benzene rings is 1. The third-order valence-electron chi connectivity index (χ3n) is 4.47. The smallest absolute Gasteiger partial charge is 0.259 e. The van der Waals surface area contributed by atoms with Crippen molar-refractivity contribution in [2.75, 3.05) is 5.75 Å². The van der Waals surface area contributed by atoms with Crippen molar-refractivity contribution in [3.8, 4) is 0 Å². The second-order valence-corrected chi connectivity index (χ2v) is 8.96. The number of halogens is 1. The molecule has 0 spiro atoms. The van der Waals surface area contributed by atoms with Gasteiger partial charge in [-0.1, -0.05) is 23.7 Å². The topological polar surface area (TPSA) is 74.8 Å². The van der Waals surface area contributed by atoms with Crippen molar-refractivity contribution < 1.29 is 4.79 Å². The van der Waals surface area contributed by atoms with Gasteiger partial charge in [0.2, 0.25) is 5.91 Å². The van der Waals surface area contributed by atoms with E-state index in [0.29, 0.717) is 28.9 Å². The standard InChI is InChI=1S/C19H18ClN3O2S2/c20-12-4-1-3-11(7-12)8-21-16(24)10-26-9-15-22-18(25)17-13-5-2-6-14(13)27-19(17)23-15/h1,3-4,7H,2,5-6,8-10H2,(H,21,24)(H,22,23,25). The molecule has 0 radical (unpaired) electrons. The molecular weight excluding hydrogens is 402 g/mol. The Hall–Kier alpha value is -1.83. The molecule has 2 aromatic heterocycles. The van der Waals surface area contributed by atoms with Crippen LogP contribution < -0.4 is 10.9 Å².